The minimum absolute atomic E-state index is 0.132. The van der Waals surface area contributed by atoms with Crippen molar-refractivity contribution in [3.05, 3.63) is 18.5 Å². The molecule has 0 aliphatic carbocycles. The van der Waals surface area contributed by atoms with Gasteiger partial charge in [-0.15, -0.1) is 0 Å². The van der Waals surface area contributed by atoms with E-state index in [1.54, 1.807) is 10.9 Å². The van der Waals surface area contributed by atoms with Crippen LogP contribution in [0.25, 0.3) is 0 Å². The Labute approximate surface area is 102 Å². The molecule has 5 nitrogen and oxygen atoms in total. The number of aromatic nitrogens is 2. The monoisotopic (exact) mass is 236 g/mol. The van der Waals surface area contributed by atoms with Crippen molar-refractivity contribution in [2.24, 2.45) is 11.7 Å². The fourth-order valence-corrected chi connectivity index (χ4v) is 2.25. The van der Waals surface area contributed by atoms with Gasteiger partial charge in [0.25, 0.3) is 0 Å². The van der Waals surface area contributed by atoms with Gasteiger partial charge in [-0.1, -0.05) is 6.92 Å². The van der Waals surface area contributed by atoms with Crippen LogP contribution in [-0.2, 0) is 4.79 Å². The first-order valence-electron chi connectivity index (χ1n) is 6.13. The Morgan fingerprint density at radius 1 is 1.59 bits per heavy atom. The Morgan fingerprint density at radius 3 is 2.94 bits per heavy atom. The first-order chi connectivity index (χ1) is 8.09. The summed E-state index contributed by atoms with van der Waals surface area (Å²) < 4.78 is 1.70. The molecular formula is C12H20N4O. The highest BCUT2D eigenvalue weighted by molar-refractivity contribution is 5.80. The van der Waals surface area contributed by atoms with Crippen molar-refractivity contribution in [2.45, 2.75) is 32.4 Å². The van der Waals surface area contributed by atoms with Gasteiger partial charge in [0.15, 0.2) is 0 Å². The van der Waals surface area contributed by atoms with Crippen LogP contribution < -0.4 is 5.73 Å². The zero-order chi connectivity index (χ0) is 12.4. The second kappa shape index (κ2) is 4.87. The van der Waals surface area contributed by atoms with Gasteiger partial charge in [-0.25, -0.2) is 0 Å². The minimum atomic E-state index is -0.230. The molecule has 1 aromatic heterocycles. The Bertz CT molecular complexity index is 376. The lowest BCUT2D eigenvalue weighted by Crippen LogP contribution is -2.49. The van der Waals surface area contributed by atoms with Gasteiger partial charge in [0.2, 0.25) is 5.91 Å². The van der Waals surface area contributed by atoms with Crippen molar-refractivity contribution in [3.63, 3.8) is 0 Å². The molecule has 0 bridgehead atoms. The molecule has 1 saturated heterocycles. The van der Waals surface area contributed by atoms with Gasteiger partial charge in [-0.3, -0.25) is 9.48 Å². The van der Waals surface area contributed by atoms with E-state index in [4.69, 9.17) is 5.73 Å². The van der Waals surface area contributed by atoms with E-state index < -0.39 is 0 Å². The predicted molar refractivity (Wildman–Crippen MR) is 65.3 cm³/mol. The smallest absolute Gasteiger partial charge is 0.247 e. The van der Waals surface area contributed by atoms with E-state index in [1.807, 2.05) is 24.1 Å². The number of amides is 1. The molecule has 0 radical (unpaired) electrons. The van der Waals surface area contributed by atoms with Crippen LogP contribution in [0.3, 0.4) is 0 Å². The molecule has 2 rings (SSSR count). The Morgan fingerprint density at radius 2 is 2.35 bits per heavy atom. The van der Waals surface area contributed by atoms with Crippen LogP contribution >= 0.6 is 0 Å². The van der Waals surface area contributed by atoms with Crippen LogP contribution in [-0.4, -0.2) is 39.7 Å². The number of nitrogens with two attached hydrogens (primary N) is 1. The summed E-state index contributed by atoms with van der Waals surface area (Å²) in [5, 5.41) is 4.11. The molecule has 0 aromatic carbocycles. The van der Waals surface area contributed by atoms with Gasteiger partial charge in [-0.2, -0.15) is 5.10 Å². The number of hydrogen-bond acceptors (Lipinski definition) is 3. The lowest BCUT2D eigenvalue weighted by molar-refractivity contribution is -0.136. The topological polar surface area (TPSA) is 64.2 Å². The van der Waals surface area contributed by atoms with Gasteiger partial charge in [0, 0.05) is 31.5 Å². The first-order valence-corrected chi connectivity index (χ1v) is 6.13. The highest BCUT2D eigenvalue weighted by Crippen LogP contribution is 2.18. The Hall–Kier alpha value is -1.36. The van der Waals surface area contributed by atoms with Gasteiger partial charge >= 0.3 is 0 Å². The lowest BCUT2D eigenvalue weighted by Gasteiger charge is -2.36. The van der Waals surface area contributed by atoms with Gasteiger partial charge in [-0.05, 0) is 25.3 Å². The summed E-state index contributed by atoms with van der Waals surface area (Å²) in [5.74, 6) is 0.505. The van der Waals surface area contributed by atoms with Crippen molar-refractivity contribution < 1.29 is 4.79 Å². The minimum Gasteiger partial charge on any atom is -0.340 e. The van der Waals surface area contributed by atoms with Crippen molar-refractivity contribution in [3.8, 4) is 0 Å². The summed E-state index contributed by atoms with van der Waals surface area (Å²) in [6.45, 7) is 5.50. The summed E-state index contributed by atoms with van der Waals surface area (Å²) in [5.41, 5.74) is 5.96. The maximum atomic E-state index is 12.3. The van der Waals surface area contributed by atoms with E-state index in [0.29, 0.717) is 5.92 Å². The van der Waals surface area contributed by atoms with Gasteiger partial charge in [0.1, 0.15) is 6.04 Å². The number of nitrogens with zero attached hydrogens (tertiary/aromatic N) is 3. The average Bonchev–Trinajstić information content (AvgIpc) is 2.84. The standard InChI is InChI=1S/C12H20N4O/c1-9-8-15(7-4-11(9)13)12(17)10(2)16-6-3-5-14-16/h3,5-6,9-11H,4,7-8,13H2,1-2H3. The molecule has 0 spiro atoms. The second-order valence-corrected chi connectivity index (χ2v) is 4.88. The zero-order valence-corrected chi connectivity index (χ0v) is 10.4. The molecule has 5 heteroatoms. The van der Waals surface area contributed by atoms with Crippen molar-refractivity contribution in [1.29, 1.82) is 0 Å². The fraction of sp³-hybridized carbons (Fsp3) is 0.667. The lowest BCUT2D eigenvalue weighted by atomic mass is 9.94. The third kappa shape index (κ3) is 2.49. The summed E-state index contributed by atoms with van der Waals surface area (Å²) in [4.78, 5) is 14.2. The third-order valence-electron chi connectivity index (χ3n) is 3.56. The summed E-state index contributed by atoms with van der Waals surface area (Å²) in [6.07, 6.45) is 4.40. The van der Waals surface area contributed by atoms with E-state index in [2.05, 4.69) is 12.0 Å². The van der Waals surface area contributed by atoms with E-state index in [9.17, 15) is 4.79 Å². The number of piperidine rings is 1. The number of carbonyl (C=O) groups is 1. The molecular weight excluding hydrogens is 216 g/mol. The quantitative estimate of drug-likeness (QED) is 0.819. The first kappa shape index (κ1) is 12.1. The van der Waals surface area contributed by atoms with Crippen molar-refractivity contribution >= 4 is 5.91 Å². The molecule has 1 aliphatic rings. The highest BCUT2D eigenvalue weighted by atomic mass is 16.2. The molecule has 94 valence electrons. The molecule has 2 N–H and O–H groups in total. The third-order valence-corrected chi connectivity index (χ3v) is 3.56. The Kier molecular flexibility index (Phi) is 3.47. The molecule has 1 aromatic rings. The molecule has 0 saturated carbocycles. The number of hydrogen-bond donors (Lipinski definition) is 1. The van der Waals surface area contributed by atoms with Gasteiger partial charge < -0.3 is 10.6 Å². The predicted octanol–water partition coefficient (Wildman–Crippen LogP) is 0.640. The van der Waals surface area contributed by atoms with Crippen molar-refractivity contribution in [1.82, 2.24) is 14.7 Å². The second-order valence-electron chi connectivity index (χ2n) is 4.88. The normalized spacial score (nSPS) is 26.9. The molecule has 1 aliphatic heterocycles. The highest BCUT2D eigenvalue weighted by Gasteiger charge is 2.29. The molecule has 1 amide bonds. The largest absolute Gasteiger partial charge is 0.340 e. The number of rotatable bonds is 2. The molecule has 17 heavy (non-hydrogen) atoms. The number of carbonyl (C=O) groups excluding carboxylic acids is 1. The van der Waals surface area contributed by atoms with Crippen molar-refractivity contribution in [2.75, 3.05) is 13.1 Å². The zero-order valence-electron chi connectivity index (χ0n) is 10.4. The van der Waals surface area contributed by atoms with Crippen LogP contribution in [0.15, 0.2) is 18.5 Å². The fourth-order valence-electron chi connectivity index (χ4n) is 2.25. The van der Waals surface area contributed by atoms with Crippen LogP contribution in [0.5, 0.6) is 0 Å². The molecule has 3 atom stereocenters. The van der Waals surface area contributed by atoms with Crippen LogP contribution in [0, 0.1) is 5.92 Å². The SMILES string of the molecule is CC1CN(C(=O)C(C)n2cccn2)CCC1N. The molecule has 3 unspecified atom stereocenters. The van der Waals surface area contributed by atoms with Crippen LogP contribution in [0.1, 0.15) is 26.3 Å². The van der Waals surface area contributed by atoms with E-state index >= 15 is 0 Å². The maximum absolute atomic E-state index is 12.3. The van der Waals surface area contributed by atoms with E-state index in [-0.39, 0.29) is 18.0 Å². The Balaban J connectivity index is 2.01. The van der Waals surface area contributed by atoms with E-state index in [1.165, 1.54) is 0 Å². The average molecular weight is 236 g/mol. The van der Waals surface area contributed by atoms with E-state index in [0.717, 1.165) is 19.5 Å². The molecule has 1 fully saturated rings. The summed E-state index contributed by atoms with van der Waals surface area (Å²) in [6, 6.07) is 1.82. The summed E-state index contributed by atoms with van der Waals surface area (Å²) >= 11 is 0. The summed E-state index contributed by atoms with van der Waals surface area (Å²) in [7, 11) is 0. The van der Waals surface area contributed by atoms with Crippen LogP contribution in [0.4, 0.5) is 0 Å². The van der Waals surface area contributed by atoms with Gasteiger partial charge in [0.05, 0.1) is 0 Å². The number of likely N-dealkylation sites (tertiary alicyclic amines) is 1. The molecule has 2 heterocycles. The van der Waals surface area contributed by atoms with Crippen LogP contribution in [0.2, 0.25) is 0 Å². The maximum Gasteiger partial charge on any atom is 0.247 e.